The maximum atomic E-state index is 12.4. The van der Waals surface area contributed by atoms with Gasteiger partial charge in [-0.3, -0.25) is 14.9 Å². The molecule has 0 fully saturated rings. The molecule has 0 aliphatic heterocycles. The Labute approximate surface area is 165 Å². The van der Waals surface area contributed by atoms with E-state index in [-0.39, 0.29) is 17.3 Å². The van der Waals surface area contributed by atoms with E-state index in [0.29, 0.717) is 11.4 Å². The predicted molar refractivity (Wildman–Crippen MR) is 111 cm³/mol. The van der Waals surface area contributed by atoms with Crippen LogP contribution in [0.2, 0.25) is 0 Å². The molecular weight excluding hydrogens is 382 g/mol. The SMILES string of the molecule is CC[C@H](C)c1ccccc1NC(=O)CSc1nc2ccc([N+](=O)[O-])cc2s1. The number of thioether (sulfide) groups is 1. The number of nitrogens with one attached hydrogen (secondary N) is 1. The number of nitro groups is 1. The number of para-hydroxylation sites is 1. The first-order valence-electron chi connectivity index (χ1n) is 8.54. The summed E-state index contributed by atoms with van der Waals surface area (Å²) in [7, 11) is 0. The normalized spacial score (nSPS) is 12.1. The average molecular weight is 402 g/mol. The summed E-state index contributed by atoms with van der Waals surface area (Å²) >= 11 is 2.69. The summed E-state index contributed by atoms with van der Waals surface area (Å²) in [5.74, 6) is 0.506. The Bertz CT molecular complexity index is 987. The number of hydrogen-bond acceptors (Lipinski definition) is 6. The molecule has 0 saturated carbocycles. The number of fused-ring (bicyclic) bond motifs is 1. The molecule has 0 spiro atoms. The average Bonchev–Trinajstić information content (AvgIpc) is 3.08. The molecule has 3 rings (SSSR count). The first-order valence-corrected chi connectivity index (χ1v) is 10.3. The number of thiazole rings is 1. The lowest BCUT2D eigenvalue weighted by molar-refractivity contribution is -0.384. The quantitative estimate of drug-likeness (QED) is 0.323. The molecule has 1 amide bonds. The minimum Gasteiger partial charge on any atom is -0.325 e. The Hall–Kier alpha value is -2.45. The van der Waals surface area contributed by atoms with E-state index >= 15 is 0 Å². The topological polar surface area (TPSA) is 85.1 Å². The highest BCUT2D eigenvalue weighted by molar-refractivity contribution is 8.01. The van der Waals surface area contributed by atoms with Gasteiger partial charge in [0.2, 0.25) is 5.91 Å². The molecule has 3 aromatic rings. The number of nitro benzene ring substituents is 1. The van der Waals surface area contributed by atoms with E-state index in [1.54, 1.807) is 6.07 Å². The third-order valence-corrected chi connectivity index (χ3v) is 6.43. The van der Waals surface area contributed by atoms with Gasteiger partial charge in [0, 0.05) is 17.8 Å². The van der Waals surface area contributed by atoms with Crippen molar-refractivity contribution >= 4 is 50.6 Å². The molecule has 0 radical (unpaired) electrons. The third-order valence-electron chi connectivity index (χ3n) is 4.27. The Morgan fingerprint density at radius 1 is 1.33 bits per heavy atom. The Morgan fingerprint density at radius 2 is 2.11 bits per heavy atom. The maximum Gasteiger partial charge on any atom is 0.270 e. The van der Waals surface area contributed by atoms with Crippen molar-refractivity contribution in [3.05, 3.63) is 58.1 Å². The van der Waals surface area contributed by atoms with Crippen LogP contribution in [0.15, 0.2) is 46.8 Å². The molecule has 0 unspecified atom stereocenters. The van der Waals surface area contributed by atoms with Crippen molar-refractivity contribution in [2.75, 3.05) is 11.1 Å². The van der Waals surface area contributed by atoms with Gasteiger partial charge in [-0.15, -0.1) is 11.3 Å². The molecule has 1 N–H and O–H groups in total. The van der Waals surface area contributed by atoms with Crippen LogP contribution in [-0.4, -0.2) is 21.6 Å². The lowest BCUT2D eigenvalue weighted by atomic mass is 9.97. The molecule has 6 nitrogen and oxygen atoms in total. The fourth-order valence-corrected chi connectivity index (χ4v) is 4.54. The van der Waals surface area contributed by atoms with Crippen LogP contribution < -0.4 is 5.32 Å². The van der Waals surface area contributed by atoms with Crippen LogP contribution >= 0.6 is 23.1 Å². The molecule has 0 bridgehead atoms. The van der Waals surface area contributed by atoms with Gasteiger partial charge in [-0.25, -0.2) is 4.98 Å². The van der Waals surface area contributed by atoms with Crippen LogP contribution in [0.5, 0.6) is 0 Å². The van der Waals surface area contributed by atoms with Crippen molar-refractivity contribution in [3.63, 3.8) is 0 Å². The zero-order valence-corrected chi connectivity index (χ0v) is 16.6. The summed E-state index contributed by atoms with van der Waals surface area (Å²) < 4.78 is 1.46. The van der Waals surface area contributed by atoms with Crippen molar-refractivity contribution in [1.29, 1.82) is 0 Å². The Balaban J connectivity index is 1.66. The number of amides is 1. The van der Waals surface area contributed by atoms with Gasteiger partial charge >= 0.3 is 0 Å². The van der Waals surface area contributed by atoms with Crippen molar-refractivity contribution in [3.8, 4) is 0 Å². The van der Waals surface area contributed by atoms with Crippen LogP contribution in [0.3, 0.4) is 0 Å². The van der Waals surface area contributed by atoms with Crippen molar-refractivity contribution in [2.45, 2.75) is 30.5 Å². The van der Waals surface area contributed by atoms with E-state index in [0.717, 1.165) is 26.7 Å². The maximum absolute atomic E-state index is 12.4. The van der Waals surface area contributed by atoms with Crippen LogP contribution in [0, 0.1) is 10.1 Å². The number of aromatic nitrogens is 1. The minimum absolute atomic E-state index is 0.0436. The van der Waals surface area contributed by atoms with Gasteiger partial charge in [-0.1, -0.05) is 43.8 Å². The molecule has 8 heteroatoms. The highest BCUT2D eigenvalue weighted by atomic mass is 32.2. The Kier molecular flexibility index (Phi) is 6.08. The van der Waals surface area contributed by atoms with Crippen LogP contribution in [-0.2, 0) is 4.79 Å². The highest BCUT2D eigenvalue weighted by Crippen LogP contribution is 2.32. The van der Waals surface area contributed by atoms with Crippen molar-refractivity contribution in [1.82, 2.24) is 4.98 Å². The van der Waals surface area contributed by atoms with Gasteiger partial charge in [0.15, 0.2) is 4.34 Å². The number of anilines is 1. The van der Waals surface area contributed by atoms with Crippen LogP contribution in [0.25, 0.3) is 10.2 Å². The number of hydrogen-bond donors (Lipinski definition) is 1. The minimum atomic E-state index is -0.422. The first kappa shape index (κ1) is 19.3. The van der Waals surface area contributed by atoms with Crippen LogP contribution in [0.4, 0.5) is 11.4 Å². The number of rotatable bonds is 7. The highest BCUT2D eigenvalue weighted by Gasteiger charge is 2.14. The monoisotopic (exact) mass is 401 g/mol. The lowest BCUT2D eigenvalue weighted by Gasteiger charge is -2.15. The molecule has 0 saturated heterocycles. The van der Waals surface area contributed by atoms with E-state index in [2.05, 4.69) is 24.1 Å². The van der Waals surface area contributed by atoms with E-state index in [1.165, 1.54) is 35.2 Å². The largest absolute Gasteiger partial charge is 0.325 e. The standard InChI is InChI=1S/C19H19N3O3S2/c1-3-12(2)14-6-4-5-7-15(14)20-18(23)11-26-19-21-16-9-8-13(22(24)25)10-17(16)27-19/h4-10,12H,3,11H2,1-2H3,(H,20,23)/t12-/m0/s1. The molecule has 1 aromatic heterocycles. The third kappa shape index (κ3) is 4.64. The molecular formula is C19H19N3O3S2. The number of non-ortho nitro benzene ring substituents is 1. The smallest absolute Gasteiger partial charge is 0.270 e. The fraction of sp³-hybridized carbons (Fsp3) is 0.263. The summed E-state index contributed by atoms with van der Waals surface area (Å²) in [6.07, 6.45) is 0.999. The van der Waals surface area contributed by atoms with Gasteiger partial charge in [0.25, 0.3) is 5.69 Å². The van der Waals surface area contributed by atoms with Crippen LogP contribution in [0.1, 0.15) is 31.7 Å². The molecule has 140 valence electrons. The molecule has 1 heterocycles. The summed E-state index contributed by atoms with van der Waals surface area (Å²) in [6.45, 7) is 4.26. The van der Waals surface area contributed by atoms with Gasteiger partial charge in [-0.05, 0) is 30.0 Å². The van der Waals surface area contributed by atoms with E-state index < -0.39 is 4.92 Å². The van der Waals surface area contributed by atoms with Gasteiger partial charge in [-0.2, -0.15) is 0 Å². The predicted octanol–water partition coefficient (Wildman–Crippen LogP) is 5.45. The van der Waals surface area contributed by atoms with E-state index in [1.807, 2.05) is 24.3 Å². The zero-order chi connectivity index (χ0) is 19.4. The molecule has 0 aliphatic carbocycles. The second-order valence-electron chi connectivity index (χ2n) is 6.12. The molecule has 27 heavy (non-hydrogen) atoms. The molecule has 0 aliphatic rings. The van der Waals surface area contributed by atoms with Crippen molar-refractivity contribution < 1.29 is 9.72 Å². The Morgan fingerprint density at radius 3 is 2.85 bits per heavy atom. The summed E-state index contributed by atoms with van der Waals surface area (Å²) in [5.41, 5.74) is 2.72. The molecule has 2 aromatic carbocycles. The first-order chi connectivity index (χ1) is 13.0. The van der Waals surface area contributed by atoms with E-state index in [4.69, 9.17) is 0 Å². The number of carbonyl (C=O) groups excluding carboxylic acids is 1. The van der Waals surface area contributed by atoms with E-state index in [9.17, 15) is 14.9 Å². The fourth-order valence-electron chi connectivity index (χ4n) is 2.64. The van der Waals surface area contributed by atoms with Gasteiger partial charge < -0.3 is 5.32 Å². The van der Waals surface area contributed by atoms with Gasteiger partial charge in [0.1, 0.15) is 0 Å². The van der Waals surface area contributed by atoms with Gasteiger partial charge in [0.05, 0.1) is 20.9 Å². The number of carbonyl (C=O) groups is 1. The summed E-state index contributed by atoms with van der Waals surface area (Å²) in [6, 6.07) is 12.4. The number of benzene rings is 2. The molecule has 1 atom stereocenters. The zero-order valence-electron chi connectivity index (χ0n) is 15.0. The summed E-state index contributed by atoms with van der Waals surface area (Å²) in [4.78, 5) is 27.2. The second-order valence-corrected chi connectivity index (χ2v) is 8.38. The second kappa shape index (κ2) is 8.49. The lowest BCUT2D eigenvalue weighted by Crippen LogP contribution is -2.15. The number of nitrogens with zero attached hydrogens (tertiary/aromatic N) is 2. The summed E-state index contributed by atoms with van der Waals surface area (Å²) in [5, 5.41) is 13.9. The van der Waals surface area contributed by atoms with Crippen molar-refractivity contribution in [2.24, 2.45) is 0 Å².